The van der Waals surface area contributed by atoms with E-state index in [4.69, 9.17) is 0 Å². The van der Waals surface area contributed by atoms with Gasteiger partial charge in [-0.05, 0) is 31.5 Å². The van der Waals surface area contributed by atoms with Gasteiger partial charge in [-0.15, -0.1) is 0 Å². The number of rotatable bonds is 2. The maximum atomic E-state index is 13.4. The molecule has 0 saturated carbocycles. The molecule has 104 valence electrons. The number of anilines is 1. The molecule has 4 nitrogen and oxygen atoms in total. The molecule has 0 spiro atoms. The minimum Gasteiger partial charge on any atom is -0.311 e. The Kier molecular flexibility index (Phi) is 3.04. The van der Waals surface area contributed by atoms with Gasteiger partial charge in [0.1, 0.15) is 11.6 Å². The zero-order valence-electron chi connectivity index (χ0n) is 11.4. The molecule has 1 aromatic carbocycles. The molecule has 1 amide bonds. The Morgan fingerprint density at radius 3 is 2.95 bits per heavy atom. The minimum absolute atomic E-state index is 0.0610. The van der Waals surface area contributed by atoms with Gasteiger partial charge in [0.05, 0.1) is 6.20 Å². The first-order valence-electron chi connectivity index (χ1n) is 6.69. The van der Waals surface area contributed by atoms with Crippen LogP contribution in [0.2, 0.25) is 0 Å². The first kappa shape index (κ1) is 12.8. The first-order chi connectivity index (χ1) is 9.56. The van der Waals surface area contributed by atoms with Crippen LogP contribution in [0.25, 0.3) is 0 Å². The maximum absolute atomic E-state index is 13.4. The van der Waals surface area contributed by atoms with Crippen LogP contribution in [0.3, 0.4) is 0 Å². The normalized spacial score (nSPS) is 18.0. The van der Waals surface area contributed by atoms with Gasteiger partial charge in [0.25, 0.3) is 0 Å². The fraction of sp³-hybridized carbons (Fsp3) is 0.333. The molecule has 1 aliphatic rings. The van der Waals surface area contributed by atoms with Crippen molar-refractivity contribution < 1.29 is 9.18 Å². The summed E-state index contributed by atoms with van der Waals surface area (Å²) >= 11 is 0. The molecule has 2 heterocycles. The van der Waals surface area contributed by atoms with Gasteiger partial charge < -0.3 is 5.32 Å². The molecule has 0 fully saturated rings. The van der Waals surface area contributed by atoms with E-state index in [0.29, 0.717) is 6.42 Å². The number of hydrogen-bond donors (Lipinski definition) is 1. The first-order valence-corrected chi connectivity index (χ1v) is 6.69. The largest absolute Gasteiger partial charge is 0.311 e. The molecule has 2 aromatic rings. The quantitative estimate of drug-likeness (QED) is 0.914. The SMILES string of the molecule is CC(C)n1ncc2c1NC(=O)CC2c1cccc(F)c1. The highest BCUT2D eigenvalue weighted by molar-refractivity contribution is 5.94. The van der Waals surface area contributed by atoms with Gasteiger partial charge in [0, 0.05) is 23.9 Å². The van der Waals surface area contributed by atoms with Crippen molar-refractivity contribution in [2.24, 2.45) is 0 Å². The van der Waals surface area contributed by atoms with Crippen molar-refractivity contribution in [1.29, 1.82) is 0 Å². The highest BCUT2D eigenvalue weighted by Gasteiger charge is 2.30. The highest BCUT2D eigenvalue weighted by Crippen LogP contribution is 2.37. The number of aromatic nitrogens is 2. The van der Waals surface area contributed by atoms with E-state index in [1.54, 1.807) is 16.9 Å². The van der Waals surface area contributed by atoms with E-state index in [2.05, 4.69) is 10.4 Å². The molecule has 1 atom stereocenters. The average molecular weight is 273 g/mol. The number of amides is 1. The van der Waals surface area contributed by atoms with Gasteiger partial charge in [-0.2, -0.15) is 5.10 Å². The molecule has 3 rings (SSSR count). The van der Waals surface area contributed by atoms with Crippen molar-refractivity contribution in [3.63, 3.8) is 0 Å². The van der Waals surface area contributed by atoms with Crippen LogP contribution in [0, 0.1) is 5.82 Å². The smallest absolute Gasteiger partial charge is 0.226 e. The molecule has 20 heavy (non-hydrogen) atoms. The number of hydrogen-bond acceptors (Lipinski definition) is 2. The van der Waals surface area contributed by atoms with Crippen LogP contribution in [0.1, 0.15) is 43.4 Å². The van der Waals surface area contributed by atoms with Gasteiger partial charge in [-0.25, -0.2) is 9.07 Å². The van der Waals surface area contributed by atoms with Crippen LogP contribution in [-0.4, -0.2) is 15.7 Å². The van der Waals surface area contributed by atoms with Crippen molar-refractivity contribution >= 4 is 11.7 Å². The maximum Gasteiger partial charge on any atom is 0.226 e. The molecule has 0 radical (unpaired) electrons. The Morgan fingerprint density at radius 2 is 2.25 bits per heavy atom. The van der Waals surface area contributed by atoms with E-state index in [0.717, 1.165) is 16.9 Å². The second-order valence-corrected chi connectivity index (χ2v) is 5.35. The van der Waals surface area contributed by atoms with Crippen LogP contribution >= 0.6 is 0 Å². The van der Waals surface area contributed by atoms with Crippen LogP contribution < -0.4 is 5.32 Å². The predicted octanol–water partition coefficient (Wildman–Crippen LogP) is 3.08. The Bertz CT molecular complexity index is 663. The molecular formula is C15H16FN3O. The van der Waals surface area contributed by atoms with Crippen molar-refractivity contribution in [3.05, 3.63) is 47.4 Å². The summed E-state index contributed by atoms with van der Waals surface area (Å²) in [5.74, 6) is 0.243. The number of benzene rings is 1. The molecule has 1 unspecified atom stereocenters. The van der Waals surface area contributed by atoms with Crippen LogP contribution in [0.4, 0.5) is 10.2 Å². The molecular weight excluding hydrogens is 257 g/mol. The number of nitrogens with zero attached hydrogens (tertiary/aromatic N) is 2. The lowest BCUT2D eigenvalue weighted by molar-refractivity contribution is -0.116. The monoisotopic (exact) mass is 273 g/mol. The molecule has 0 bridgehead atoms. The second-order valence-electron chi connectivity index (χ2n) is 5.35. The fourth-order valence-corrected chi connectivity index (χ4v) is 2.65. The van der Waals surface area contributed by atoms with Gasteiger partial charge in [0.15, 0.2) is 0 Å². The lowest BCUT2D eigenvalue weighted by atomic mass is 9.87. The van der Waals surface area contributed by atoms with Gasteiger partial charge >= 0.3 is 0 Å². The topological polar surface area (TPSA) is 46.9 Å². The van der Waals surface area contributed by atoms with Crippen LogP contribution in [0.5, 0.6) is 0 Å². The minimum atomic E-state index is -0.286. The fourth-order valence-electron chi connectivity index (χ4n) is 2.65. The molecule has 0 aliphatic carbocycles. The number of halogens is 1. The lowest BCUT2D eigenvalue weighted by Crippen LogP contribution is -2.25. The van der Waals surface area contributed by atoms with E-state index in [-0.39, 0.29) is 23.7 Å². The number of carbonyl (C=O) groups is 1. The predicted molar refractivity (Wildman–Crippen MR) is 74.1 cm³/mol. The van der Waals surface area contributed by atoms with Crippen LogP contribution in [-0.2, 0) is 4.79 Å². The van der Waals surface area contributed by atoms with E-state index in [9.17, 15) is 9.18 Å². The highest BCUT2D eigenvalue weighted by atomic mass is 19.1. The Labute approximate surface area is 116 Å². The molecule has 0 saturated heterocycles. The molecule has 1 N–H and O–H groups in total. The second kappa shape index (κ2) is 4.74. The zero-order valence-corrected chi connectivity index (χ0v) is 11.4. The summed E-state index contributed by atoms with van der Waals surface area (Å²) < 4.78 is 15.2. The molecule has 1 aromatic heterocycles. The van der Waals surface area contributed by atoms with E-state index in [1.165, 1.54) is 12.1 Å². The summed E-state index contributed by atoms with van der Waals surface area (Å²) in [5, 5.41) is 7.21. The third-order valence-corrected chi connectivity index (χ3v) is 3.59. The Hall–Kier alpha value is -2.17. The lowest BCUT2D eigenvalue weighted by Gasteiger charge is -2.24. The summed E-state index contributed by atoms with van der Waals surface area (Å²) in [6.45, 7) is 4.01. The van der Waals surface area contributed by atoms with Gasteiger partial charge in [-0.3, -0.25) is 4.79 Å². The summed E-state index contributed by atoms with van der Waals surface area (Å²) in [6.07, 6.45) is 2.09. The summed E-state index contributed by atoms with van der Waals surface area (Å²) in [4.78, 5) is 11.9. The van der Waals surface area contributed by atoms with E-state index < -0.39 is 0 Å². The van der Waals surface area contributed by atoms with Gasteiger partial charge in [-0.1, -0.05) is 12.1 Å². The number of nitrogens with one attached hydrogen (secondary N) is 1. The summed E-state index contributed by atoms with van der Waals surface area (Å²) in [7, 11) is 0. The van der Waals surface area contributed by atoms with E-state index >= 15 is 0 Å². The van der Waals surface area contributed by atoms with Crippen molar-refractivity contribution in [3.8, 4) is 0 Å². The Balaban J connectivity index is 2.09. The summed E-state index contributed by atoms with van der Waals surface area (Å²) in [6, 6.07) is 6.57. The number of fused-ring (bicyclic) bond motifs is 1. The van der Waals surface area contributed by atoms with E-state index in [1.807, 2.05) is 19.9 Å². The zero-order chi connectivity index (χ0) is 14.3. The molecule has 1 aliphatic heterocycles. The third-order valence-electron chi connectivity index (χ3n) is 3.59. The standard InChI is InChI=1S/C15H16FN3O/c1-9(2)19-15-13(8-17-19)12(7-14(20)18-15)10-4-3-5-11(16)6-10/h3-6,8-9,12H,7H2,1-2H3,(H,18,20). The van der Waals surface area contributed by atoms with Crippen molar-refractivity contribution in [2.45, 2.75) is 32.2 Å². The van der Waals surface area contributed by atoms with Crippen molar-refractivity contribution in [1.82, 2.24) is 9.78 Å². The Morgan fingerprint density at radius 1 is 1.45 bits per heavy atom. The third kappa shape index (κ3) is 2.09. The van der Waals surface area contributed by atoms with Gasteiger partial charge in [0.2, 0.25) is 5.91 Å². The number of carbonyl (C=O) groups excluding carboxylic acids is 1. The summed E-state index contributed by atoms with van der Waals surface area (Å²) in [5.41, 5.74) is 1.76. The van der Waals surface area contributed by atoms with Crippen LogP contribution in [0.15, 0.2) is 30.5 Å². The van der Waals surface area contributed by atoms with Crippen molar-refractivity contribution in [2.75, 3.05) is 5.32 Å². The molecule has 5 heteroatoms. The average Bonchev–Trinajstić information content (AvgIpc) is 2.81.